The first-order chi connectivity index (χ1) is 8.75. The van der Waals surface area contributed by atoms with Crippen molar-refractivity contribution in [3.8, 4) is 11.1 Å². The number of rotatable bonds is 1. The number of fused-ring (bicyclic) bond motifs is 1. The van der Waals surface area contributed by atoms with Crippen molar-refractivity contribution in [2.45, 2.75) is 0 Å². The number of hydrogen-bond donors (Lipinski definition) is 2. The van der Waals surface area contributed by atoms with Gasteiger partial charge in [0.1, 0.15) is 5.82 Å². The van der Waals surface area contributed by atoms with Crippen molar-refractivity contribution in [2.24, 2.45) is 0 Å². The van der Waals surface area contributed by atoms with E-state index in [-0.39, 0.29) is 0 Å². The fourth-order valence-corrected chi connectivity index (χ4v) is 2.14. The molecule has 0 spiro atoms. The van der Waals surface area contributed by atoms with Crippen LogP contribution in [0.25, 0.3) is 21.9 Å². The van der Waals surface area contributed by atoms with E-state index in [1.807, 2.05) is 42.5 Å². The summed E-state index contributed by atoms with van der Waals surface area (Å²) in [4.78, 5) is 4.11. The Labute approximate surface area is 105 Å². The van der Waals surface area contributed by atoms with Crippen LogP contribution in [0, 0.1) is 0 Å². The zero-order valence-electron chi connectivity index (χ0n) is 9.80. The van der Waals surface area contributed by atoms with Crippen LogP contribution < -0.4 is 11.5 Å². The number of nitrogens with two attached hydrogens (primary N) is 2. The maximum atomic E-state index is 5.90. The molecule has 0 unspecified atom stereocenters. The molecule has 3 rings (SSSR count). The molecule has 0 atom stereocenters. The van der Waals surface area contributed by atoms with Gasteiger partial charge >= 0.3 is 0 Å². The molecular formula is C15H13N3. The molecule has 0 radical (unpaired) electrons. The second-order valence-corrected chi connectivity index (χ2v) is 4.22. The molecular weight excluding hydrogens is 222 g/mol. The highest BCUT2D eigenvalue weighted by Gasteiger charge is 2.05. The number of aromatic nitrogens is 1. The minimum absolute atomic E-state index is 0.560. The molecule has 3 nitrogen and oxygen atoms in total. The zero-order chi connectivity index (χ0) is 12.5. The quantitative estimate of drug-likeness (QED) is 0.637. The average molecular weight is 235 g/mol. The molecule has 0 aliphatic rings. The van der Waals surface area contributed by atoms with E-state index in [9.17, 15) is 0 Å². The minimum Gasteiger partial charge on any atom is -0.399 e. The number of hydrogen-bond acceptors (Lipinski definition) is 3. The summed E-state index contributed by atoms with van der Waals surface area (Å²) < 4.78 is 0. The summed E-state index contributed by atoms with van der Waals surface area (Å²) in [5.74, 6) is 0.560. The van der Waals surface area contributed by atoms with Crippen molar-refractivity contribution in [2.75, 3.05) is 11.5 Å². The Bertz CT molecular complexity index is 703. The highest BCUT2D eigenvalue weighted by atomic mass is 14.8. The van der Waals surface area contributed by atoms with Crippen LogP contribution in [0.3, 0.4) is 0 Å². The average Bonchev–Trinajstić information content (AvgIpc) is 2.40. The van der Waals surface area contributed by atoms with Gasteiger partial charge in [-0.1, -0.05) is 30.3 Å². The molecule has 0 amide bonds. The number of anilines is 2. The minimum atomic E-state index is 0.560. The van der Waals surface area contributed by atoms with Crippen LogP contribution in [0.4, 0.5) is 11.5 Å². The number of nitrogens with zero attached hydrogens (tertiary/aromatic N) is 1. The summed E-state index contributed by atoms with van der Waals surface area (Å²) >= 11 is 0. The van der Waals surface area contributed by atoms with Crippen LogP contribution in [0.5, 0.6) is 0 Å². The molecule has 4 N–H and O–H groups in total. The Hall–Kier alpha value is -2.55. The van der Waals surface area contributed by atoms with Crippen molar-refractivity contribution < 1.29 is 0 Å². The smallest absolute Gasteiger partial charge is 0.131 e. The third kappa shape index (κ3) is 1.66. The maximum Gasteiger partial charge on any atom is 0.131 e. The fraction of sp³-hybridized carbons (Fsp3) is 0. The van der Waals surface area contributed by atoms with Crippen LogP contribution in [0.15, 0.2) is 54.7 Å². The summed E-state index contributed by atoms with van der Waals surface area (Å²) in [5, 5.41) is 2.08. The van der Waals surface area contributed by atoms with Gasteiger partial charge in [0, 0.05) is 17.3 Å². The first-order valence-electron chi connectivity index (χ1n) is 5.75. The van der Waals surface area contributed by atoms with Gasteiger partial charge < -0.3 is 11.5 Å². The van der Waals surface area contributed by atoms with E-state index in [1.165, 1.54) is 0 Å². The summed E-state index contributed by atoms with van der Waals surface area (Å²) in [5.41, 5.74) is 14.6. The van der Waals surface area contributed by atoms with Gasteiger partial charge in [-0.2, -0.15) is 0 Å². The van der Waals surface area contributed by atoms with Crippen molar-refractivity contribution in [3.63, 3.8) is 0 Å². The molecule has 88 valence electrons. The SMILES string of the molecule is Nc1ccc(-c2cccc3c(N)nccc23)cc1. The zero-order valence-corrected chi connectivity index (χ0v) is 9.80. The third-order valence-corrected chi connectivity index (χ3v) is 3.06. The third-order valence-electron chi connectivity index (χ3n) is 3.06. The van der Waals surface area contributed by atoms with Gasteiger partial charge in [-0.25, -0.2) is 4.98 Å². The fourth-order valence-electron chi connectivity index (χ4n) is 2.14. The lowest BCUT2D eigenvalue weighted by Crippen LogP contribution is -1.92. The molecule has 1 aromatic heterocycles. The number of nitrogen functional groups attached to an aromatic ring is 2. The van der Waals surface area contributed by atoms with Crippen LogP contribution >= 0.6 is 0 Å². The Morgan fingerprint density at radius 3 is 2.33 bits per heavy atom. The summed E-state index contributed by atoms with van der Waals surface area (Å²) in [6.45, 7) is 0. The highest BCUT2D eigenvalue weighted by molar-refractivity contribution is 6.01. The Balaban J connectivity index is 2.29. The Kier molecular flexibility index (Phi) is 2.38. The molecule has 1 heterocycles. The van der Waals surface area contributed by atoms with Crippen molar-refractivity contribution in [1.29, 1.82) is 0 Å². The Morgan fingerprint density at radius 2 is 1.56 bits per heavy atom. The van der Waals surface area contributed by atoms with Crippen LogP contribution in [0.1, 0.15) is 0 Å². The van der Waals surface area contributed by atoms with Gasteiger partial charge in [0.05, 0.1) is 0 Å². The first-order valence-corrected chi connectivity index (χ1v) is 5.75. The van der Waals surface area contributed by atoms with E-state index in [0.29, 0.717) is 5.82 Å². The van der Waals surface area contributed by atoms with Crippen LogP contribution in [-0.2, 0) is 0 Å². The van der Waals surface area contributed by atoms with E-state index in [0.717, 1.165) is 27.6 Å². The normalized spacial score (nSPS) is 10.7. The Morgan fingerprint density at radius 1 is 0.778 bits per heavy atom. The molecule has 18 heavy (non-hydrogen) atoms. The van der Waals surface area contributed by atoms with Gasteiger partial charge in [0.15, 0.2) is 0 Å². The molecule has 3 aromatic rings. The van der Waals surface area contributed by atoms with Crippen molar-refractivity contribution >= 4 is 22.3 Å². The molecule has 0 aliphatic heterocycles. The van der Waals surface area contributed by atoms with Gasteiger partial charge in [-0.05, 0) is 34.7 Å². The van der Waals surface area contributed by atoms with Gasteiger partial charge in [-0.15, -0.1) is 0 Å². The topological polar surface area (TPSA) is 64.9 Å². The second kappa shape index (κ2) is 4.04. The standard InChI is InChI=1S/C15H13N3/c16-11-6-4-10(5-7-11)12-2-1-3-14-13(12)8-9-18-15(14)17/h1-9H,16H2,(H2,17,18). The highest BCUT2D eigenvalue weighted by Crippen LogP contribution is 2.30. The lowest BCUT2D eigenvalue weighted by atomic mass is 9.99. The molecule has 0 saturated carbocycles. The molecule has 0 saturated heterocycles. The number of benzene rings is 2. The van der Waals surface area contributed by atoms with E-state index in [4.69, 9.17) is 11.5 Å². The molecule has 3 heteroatoms. The predicted molar refractivity (Wildman–Crippen MR) is 76.0 cm³/mol. The van der Waals surface area contributed by atoms with Crippen molar-refractivity contribution in [3.05, 3.63) is 54.7 Å². The molecule has 2 aromatic carbocycles. The lowest BCUT2D eigenvalue weighted by Gasteiger charge is -2.08. The first kappa shape index (κ1) is 10.6. The van der Waals surface area contributed by atoms with Crippen LogP contribution in [0.2, 0.25) is 0 Å². The van der Waals surface area contributed by atoms with E-state index >= 15 is 0 Å². The van der Waals surface area contributed by atoms with Gasteiger partial charge in [-0.3, -0.25) is 0 Å². The predicted octanol–water partition coefficient (Wildman–Crippen LogP) is 3.07. The summed E-state index contributed by atoms with van der Waals surface area (Å²) in [7, 11) is 0. The summed E-state index contributed by atoms with van der Waals surface area (Å²) in [6, 6.07) is 15.9. The van der Waals surface area contributed by atoms with Gasteiger partial charge in [0.2, 0.25) is 0 Å². The van der Waals surface area contributed by atoms with Gasteiger partial charge in [0.25, 0.3) is 0 Å². The lowest BCUT2D eigenvalue weighted by molar-refractivity contribution is 1.37. The molecule has 0 fully saturated rings. The van der Waals surface area contributed by atoms with E-state index in [2.05, 4.69) is 11.1 Å². The monoisotopic (exact) mass is 235 g/mol. The molecule has 0 bridgehead atoms. The maximum absolute atomic E-state index is 5.90. The van der Waals surface area contributed by atoms with E-state index in [1.54, 1.807) is 6.20 Å². The second-order valence-electron chi connectivity index (χ2n) is 4.22. The number of pyridine rings is 1. The van der Waals surface area contributed by atoms with Crippen LogP contribution in [-0.4, -0.2) is 4.98 Å². The largest absolute Gasteiger partial charge is 0.399 e. The molecule has 0 aliphatic carbocycles. The van der Waals surface area contributed by atoms with Crippen molar-refractivity contribution in [1.82, 2.24) is 4.98 Å². The van der Waals surface area contributed by atoms with E-state index < -0.39 is 0 Å². The summed E-state index contributed by atoms with van der Waals surface area (Å²) in [6.07, 6.45) is 1.73.